The van der Waals surface area contributed by atoms with E-state index in [1.54, 1.807) is 12.1 Å². The van der Waals surface area contributed by atoms with Gasteiger partial charge in [-0.25, -0.2) is 4.79 Å². The van der Waals surface area contributed by atoms with Crippen LogP contribution in [0.5, 0.6) is 0 Å². The molecule has 2 unspecified atom stereocenters. The molecule has 2 atom stereocenters. The molecule has 26 heavy (non-hydrogen) atoms. The highest BCUT2D eigenvalue weighted by molar-refractivity contribution is 6.39. The highest BCUT2D eigenvalue weighted by atomic mass is 16.5. The van der Waals surface area contributed by atoms with Crippen LogP contribution in [0.3, 0.4) is 0 Å². The number of hydrogen-bond acceptors (Lipinski definition) is 5. The van der Waals surface area contributed by atoms with Crippen LogP contribution in [-0.2, 0) is 25.7 Å². The first-order valence-corrected chi connectivity index (χ1v) is 8.21. The molecule has 8 heteroatoms. The number of nitrogens with one attached hydrogen (secondary N) is 3. The topological polar surface area (TPSA) is 114 Å². The fourth-order valence-electron chi connectivity index (χ4n) is 2.42. The Morgan fingerprint density at radius 1 is 1.31 bits per heavy atom. The molecule has 1 saturated heterocycles. The van der Waals surface area contributed by atoms with Gasteiger partial charge in [-0.3, -0.25) is 14.4 Å². The van der Waals surface area contributed by atoms with Crippen LogP contribution in [0.4, 0.5) is 4.79 Å². The van der Waals surface area contributed by atoms with E-state index in [0.717, 1.165) is 5.56 Å². The van der Waals surface area contributed by atoms with Gasteiger partial charge in [-0.15, -0.1) is 6.58 Å². The summed E-state index contributed by atoms with van der Waals surface area (Å²) in [6, 6.07) is 7.26. The molecular weight excluding hydrogens is 338 g/mol. The molecule has 1 aromatic carbocycles. The van der Waals surface area contributed by atoms with E-state index in [-0.39, 0.29) is 13.0 Å². The zero-order chi connectivity index (χ0) is 18.9. The van der Waals surface area contributed by atoms with Gasteiger partial charge in [0.05, 0.1) is 6.04 Å². The monoisotopic (exact) mass is 359 g/mol. The van der Waals surface area contributed by atoms with Gasteiger partial charge in [-0.05, 0) is 18.4 Å². The van der Waals surface area contributed by atoms with Crippen molar-refractivity contribution in [1.82, 2.24) is 16.0 Å². The second kappa shape index (κ2) is 9.36. The van der Waals surface area contributed by atoms with Crippen LogP contribution < -0.4 is 16.0 Å². The van der Waals surface area contributed by atoms with Crippen LogP contribution in [0.25, 0.3) is 0 Å². The maximum absolute atomic E-state index is 12.4. The highest BCUT2D eigenvalue weighted by Crippen LogP contribution is 2.04. The van der Waals surface area contributed by atoms with Crippen LogP contribution in [0, 0.1) is 0 Å². The SMILES string of the molecule is C=CCC(NC(=O)OCc1ccccc1)C(=O)NC1CCNC(=O)C1=O. The Balaban J connectivity index is 1.88. The van der Waals surface area contributed by atoms with Crippen molar-refractivity contribution < 1.29 is 23.9 Å². The van der Waals surface area contributed by atoms with Crippen molar-refractivity contribution in [3.05, 3.63) is 48.6 Å². The van der Waals surface area contributed by atoms with E-state index in [9.17, 15) is 19.2 Å². The second-order valence-electron chi connectivity index (χ2n) is 5.75. The number of Topliss-reactive ketones (excluding diaryl/α,β-unsaturated/α-hetero) is 1. The number of piperidine rings is 1. The van der Waals surface area contributed by atoms with E-state index >= 15 is 0 Å². The van der Waals surface area contributed by atoms with Gasteiger partial charge in [0.1, 0.15) is 12.6 Å². The van der Waals surface area contributed by atoms with E-state index in [2.05, 4.69) is 22.5 Å². The Hall–Kier alpha value is -3.16. The summed E-state index contributed by atoms with van der Waals surface area (Å²) in [4.78, 5) is 47.4. The number of ketones is 1. The third-order valence-electron chi connectivity index (χ3n) is 3.80. The zero-order valence-electron chi connectivity index (χ0n) is 14.2. The van der Waals surface area contributed by atoms with Gasteiger partial charge in [0.25, 0.3) is 5.91 Å². The van der Waals surface area contributed by atoms with Crippen molar-refractivity contribution in [1.29, 1.82) is 0 Å². The van der Waals surface area contributed by atoms with Gasteiger partial charge in [0.15, 0.2) is 0 Å². The Bertz CT molecular complexity index is 689. The van der Waals surface area contributed by atoms with Crippen molar-refractivity contribution >= 4 is 23.7 Å². The lowest BCUT2D eigenvalue weighted by Crippen LogP contribution is -2.57. The smallest absolute Gasteiger partial charge is 0.408 e. The van der Waals surface area contributed by atoms with E-state index < -0.39 is 35.8 Å². The molecule has 0 radical (unpaired) electrons. The van der Waals surface area contributed by atoms with Crippen LogP contribution in [-0.4, -0.2) is 42.3 Å². The number of carbonyl (C=O) groups is 4. The minimum atomic E-state index is -0.950. The lowest BCUT2D eigenvalue weighted by molar-refractivity contribution is -0.141. The maximum Gasteiger partial charge on any atom is 0.408 e. The predicted octanol–water partition coefficient (Wildman–Crippen LogP) is 0.431. The molecule has 3 N–H and O–H groups in total. The summed E-state index contributed by atoms with van der Waals surface area (Å²) in [5, 5.41) is 7.35. The summed E-state index contributed by atoms with van der Waals surface area (Å²) in [5.74, 6) is -2.00. The molecule has 138 valence electrons. The summed E-state index contributed by atoms with van der Waals surface area (Å²) in [5.41, 5.74) is 0.811. The summed E-state index contributed by atoms with van der Waals surface area (Å²) < 4.78 is 5.09. The molecule has 1 heterocycles. The molecule has 0 aromatic heterocycles. The minimum absolute atomic E-state index is 0.0659. The molecule has 0 spiro atoms. The van der Waals surface area contributed by atoms with Crippen LogP contribution in [0.15, 0.2) is 43.0 Å². The van der Waals surface area contributed by atoms with Gasteiger partial charge >= 0.3 is 6.09 Å². The number of alkyl carbamates (subject to hydrolysis) is 1. The normalized spacial score (nSPS) is 17.6. The average molecular weight is 359 g/mol. The van der Waals surface area contributed by atoms with Gasteiger partial charge in [-0.2, -0.15) is 0 Å². The number of rotatable bonds is 7. The standard InChI is InChI=1S/C18H21N3O5/c1-2-6-14(16(23)20-13-9-10-19-17(24)15(13)22)21-18(25)26-11-12-7-4-3-5-8-12/h2-5,7-8,13-14H,1,6,9-11H2,(H,19,24)(H,20,23)(H,21,25). The molecule has 1 aliphatic heterocycles. The molecule has 1 aromatic rings. The molecule has 8 nitrogen and oxygen atoms in total. The van der Waals surface area contributed by atoms with Crippen LogP contribution in [0.2, 0.25) is 0 Å². The first-order valence-electron chi connectivity index (χ1n) is 8.21. The molecule has 2 rings (SSSR count). The van der Waals surface area contributed by atoms with E-state index in [0.29, 0.717) is 13.0 Å². The van der Waals surface area contributed by atoms with Crippen molar-refractivity contribution in [2.24, 2.45) is 0 Å². The zero-order valence-corrected chi connectivity index (χ0v) is 14.2. The number of hydrogen-bond donors (Lipinski definition) is 3. The van der Waals surface area contributed by atoms with Crippen molar-refractivity contribution in [2.75, 3.05) is 6.54 Å². The van der Waals surface area contributed by atoms with Gasteiger partial charge in [-0.1, -0.05) is 36.4 Å². The maximum atomic E-state index is 12.4. The molecule has 0 bridgehead atoms. The average Bonchev–Trinajstić information content (AvgIpc) is 2.64. The van der Waals surface area contributed by atoms with Crippen LogP contribution in [0.1, 0.15) is 18.4 Å². The Morgan fingerprint density at radius 3 is 2.73 bits per heavy atom. The van der Waals surface area contributed by atoms with E-state index in [4.69, 9.17) is 4.74 Å². The summed E-state index contributed by atoms with van der Waals surface area (Å²) in [6.07, 6.45) is 1.16. The molecular formula is C18H21N3O5. The van der Waals surface area contributed by atoms with Gasteiger partial charge in [0, 0.05) is 6.54 Å². The lowest BCUT2D eigenvalue weighted by Gasteiger charge is -2.24. The van der Waals surface area contributed by atoms with E-state index in [1.807, 2.05) is 18.2 Å². The third-order valence-corrected chi connectivity index (χ3v) is 3.80. The number of benzene rings is 1. The molecule has 3 amide bonds. The van der Waals surface area contributed by atoms with E-state index in [1.165, 1.54) is 6.08 Å². The summed E-state index contributed by atoms with van der Waals surface area (Å²) in [7, 11) is 0. The minimum Gasteiger partial charge on any atom is -0.445 e. The Labute approximate surface area is 151 Å². The first kappa shape index (κ1) is 19.2. The van der Waals surface area contributed by atoms with Crippen molar-refractivity contribution in [2.45, 2.75) is 31.5 Å². The molecule has 0 saturated carbocycles. The number of carbonyl (C=O) groups excluding carboxylic acids is 4. The first-order chi connectivity index (χ1) is 12.5. The highest BCUT2D eigenvalue weighted by Gasteiger charge is 2.32. The van der Waals surface area contributed by atoms with Crippen molar-refractivity contribution in [3.8, 4) is 0 Å². The summed E-state index contributed by atoms with van der Waals surface area (Å²) >= 11 is 0. The third kappa shape index (κ3) is 5.44. The fourth-order valence-corrected chi connectivity index (χ4v) is 2.42. The summed E-state index contributed by atoms with van der Waals surface area (Å²) in [6.45, 7) is 3.92. The predicted molar refractivity (Wildman–Crippen MR) is 92.9 cm³/mol. The number of amides is 3. The Kier molecular flexibility index (Phi) is 6.90. The molecule has 0 aliphatic carbocycles. The lowest BCUT2D eigenvalue weighted by atomic mass is 10.0. The molecule has 1 aliphatic rings. The van der Waals surface area contributed by atoms with Gasteiger partial charge in [0.2, 0.25) is 11.7 Å². The number of ether oxygens (including phenoxy) is 1. The second-order valence-corrected chi connectivity index (χ2v) is 5.75. The quantitative estimate of drug-likeness (QED) is 0.483. The Morgan fingerprint density at radius 2 is 2.04 bits per heavy atom. The fraction of sp³-hybridized carbons (Fsp3) is 0.333. The van der Waals surface area contributed by atoms with Crippen molar-refractivity contribution in [3.63, 3.8) is 0 Å². The van der Waals surface area contributed by atoms with Crippen LogP contribution >= 0.6 is 0 Å². The van der Waals surface area contributed by atoms with Gasteiger partial charge < -0.3 is 20.7 Å². The largest absolute Gasteiger partial charge is 0.445 e. The molecule has 1 fully saturated rings.